The minimum absolute atomic E-state index is 0.0512. The molecule has 1 saturated carbocycles. The summed E-state index contributed by atoms with van der Waals surface area (Å²) >= 11 is 0. The largest absolute Gasteiger partial charge is 0.392 e. The Morgan fingerprint density at radius 3 is 2.35 bits per heavy atom. The van der Waals surface area contributed by atoms with Crippen molar-refractivity contribution in [1.29, 1.82) is 0 Å². The number of benzene rings is 1. The fraction of sp³-hybridized carbons (Fsp3) is 0.562. The fourth-order valence-corrected chi connectivity index (χ4v) is 2.64. The highest BCUT2D eigenvalue weighted by Crippen LogP contribution is 2.22. The molecule has 0 saturated heterocycles. The van der Waals surface area contributed by atoms with Crippen LogP contribution in [-0.2, 0) is 13.2 Å². The van der Waals surface area contributed by atoms with E-state index in [0.29, 0.717) is 12.5 Å². The number of nitrogens with one attached hydrogen (secondary N) is 2. The van der Waals surface area contributed by atoms with Crippen LogP contribution in [0.25, 0.3) is 0 Å². The zero-order valence-electron chi connectivity index (χ0n) is 11.9. The Kier molecular flexibility index (Phi) is 5.87. The summed E-state index contributed by atoms with van der Waals surface area (Å²) < 4.78 is 0. The van der Waals surface area contributed by atoms with Crippen molar-refractivity contribution in [3.63, 3.8) is 0 Å². The minimum atomic E-state index is -0.0955. The molecule has 4 nitrogen and oxygen atoms in total. The van der Waals surface area contributed by atoms with E-state index < -0.39 is 0 Å². The number of urea groups is 1. The summed E-state index contributed by atoms with van der Waals surface area (Å²) in [5, 5.41) is 14.8. The van der Waals surface area contributed by atoms with Crippen LogP contribution < -0.4 is 10.6 Å². The molecule has 20 heavy (non-hydrogen) atoms. The van der Waals surface area contributed by atoms with Crippen molar-refractivity contribution in [3.05, 3.63) is 35.4 Å². The second kappa shape index (κ2) is 7.90. The van der Waals surface area contributed by atoms with E-state index in [1.807, 2.05) is 24.3 Å². The number of rotatable bonds is 5. The summed E-state index contributed by atoms with van der Waals surface area (Å²) in [7, 11) is 0. The van der Waals surface area contributed by atoms with Gasteiger partial charge in [0.1, 0.15) is 0 Å². The summed E-state index contributed by atoms with van der Waals surface area (Å²) in [6.45, 7) is 1.35. The molecule has 0 unspecified atom stereocenters. The second-order valence-corrected chi connectivity index (χ2v) is 5.54. The van der Waals surface area contributed by atoms with Crippen molar-refractivity contribution in [2.45, 2.75) is 45.3 Å². The number of aliphatic hydroxyl groups excluding tert-OH is 1. The van der Waals surface area contributed by atoms with Crippen LogP contribution in [-0.4, -0.2) is 17.7 Å². The standard InChI is InChI=1S/C16H24N2O2/c19-12-15-8-6-14(7-9-15)11-18-16(20)17-10-13-4-2-1-3-5-13/h6-9,13,19H,1-5,10-12H2,(H2,17,18,20). The van der Waals surface area contributed by atoms with Crippen molar-refractivity contribution < 1.29 is 9.90 Å². The zero-order chi connectivity index (χ0) is 14.2. The zero-order valence-corrected chi connectivity index (χ0v) is 11.9. The molecule has 1 aromatic carbocycles. The van der Waals surface area contributed by atoms with E-state index in [4.69, 9.17) is 5.11 Å². The molecule has 1 fully saturated rings. The maximum Gasteiger partial charge on any atom is 0.315 e. The van der Waals surface area contributed by atoms with Gasteiger partial charge >= 0.3 is 6.03 Å². The monoisotopic (exact) mass is 276 g/mol. The molecule has 0 radical (unpaired) electrons. The van der Waals surface area contributed by atoms with Crippen LogP contribution >= 0.6 is 0 Å². The molecule has 0 atom stereocenters. The van der Waals surface area contributed by atoms with Gasteiger partial charge in [-0.2, -0.15) is 0 Å². The topological polar surface area (TPSA) is 61.4 Å². The Bertz CT molecular complexity index is 411. The van der Waals surface area contributed by atoms with Crippen LogP contribution in [0, 0.1) is 5.92 Å². The molecule has 4 heteroatoms. The molecule has 0 spiro atoms. The van der Waals surface area contributed by atoms with Gasteiger partial charge in [-0.25, -0.2) is 4.79 Å². The van der Waals surface area contributed by atoms with E-state index >= 15 is 0 Å². The van der Waals surface area contributed by atoms with Gasteiger partial charge in [-0.1, -0.05) is 43.5 Å². The maximum atomic E-state index is 11.7. The number of amides is 2. The van der Waals surface area contributed by atoms with Crippen molar-refractivity contribution >= 4 is 6.03 Å². The third-order valence-electron chi connectivity index (χ3n) is 3.93. The minimum Gasteiger partial charge on any atom is -0.392 e. The van der Waals surface area contributed by atoms with Crippen LogP contribution in [0.15, 0.2) is 24.3 Å². The normalized spacial score (nSPS) is 15.8. The Balaban J connectivity index is 1.66. The molecule has 0 aliphatic heterocycles. The molecule has 110 valence electrons. The van der Waals surface area contributed by atoms with E-state index in [2.05, 4.69) is 10.6 Å². The molecule has 1 aliphatic rings. The quantitative estimate of drug-likeness (QED) is 0.774. The summed E-state index contributed by atoms with van der Waals surface area (Å²) in [5.41, 5.74) is 1.92. The lowest BCUT2D eigenvalue weighted by atomic mass is 9.89. The van der Waals surface area contributed by atoms with Gasteiger partial charge in [0.2, 0.25) is 0 Å². The van der Waals surface area contributed by atoms with E-state index in [0.717, 1.165) is 17.7 Å². The van der Waals surface area contributed by atoms with Gasteiger partial charge in [0.25, 0.3) is 0 Å². The average Bonchev–Trinajstić information content (AvgIpc) is 2.52. The first-order valence-electron chi connectivity index (χ1n) is 7.48. The summed E-state index contributed by atoms with van der Waals surface area (Å²) in [5.74, 6) is 0.651. The highest BCUT2D eigenvalue weighted by atomic mass is 16.3. The first-order valence-corrected chi connectivity index (χ1v) is 7.48. The van der Waals surface area contributed by atoms with Crippen molar-refractivity contribution in [1.82, 2.24) is 10.6 Å². The number of hydrogen-bond acceptors (Lipinski definition) is 2. The van der Waals surface area contributed by atoms with Gasteiger partial charge in [0, 0.05) is 13.1 Å². The van der Waals surface area contributed by atoms with Gasteiger partial charge in [-0.05, 0) is 29.9 Å². The molecule has 0 aromatic heterocycles. The van der Waals surface area contributed by atoms with Gasteiger partial charge in [0.05, 0.1) is 6.61 Å². The highest BCUT2D eigenvalue weighted by Gasteiger charge is 2.13. The third-order valence-corrected chi connectivity index (χ3v) is 3.93. The molecule has 3 N–H and O–H groups in total. The summed E-state index contributed by atoms with van der Waals surface area (Å²) in [6, 6.07) is 7.50. The predicted octanol–water partition coefficient (Wildman–Crippen LogP) is 2.56. The Hall–Kier alpha value is -1.55. The van der Waals surface area contributed by atoms with Crippen molar-refractivity contribution in [2.24, 2.45) is 5.92 Å². The fourth-order valence-electron chi connectivity index (χ4n) is 2.64. The first kappa shape index (κ1) is 14.9. The lowest BCUT2D eigenvalue weighted by Crippen LogP contribution is -2.38. The Morgan fingerprint density at radius 1 is 1.05 bits per heavy atom. The van der Waals surface area contributed by atoms with Crippen LogP contribution in [0.1, 0.15) is 43.2 Å². The number of carbonyl (C=O) groups is 1. The number of carbonyl (C=O) groups excluding carboxylic acids is 1. The molecular formula is C16H24N2O2. The predicted molar refractivity (Wildman–Crippen MR) is 79.2 cm³/mol. The van der Waals surface area contributed by atoms with E-state index in [1.54, 1.807) is 0 Å². The Labute approximate surface area is 120 Å². The lowest BCUT2D eigenvalue weighted by molar-refractivity contribution is 0.236. The van der Waals surface area contributed by atoms with E-state index in [1.165, 1.54) is 32.1 Å². The van der Waals surface area contributed by atoms with Crippen LogP contribution in [0.5, 0.6) is 0 Å². The van der Waals surface area contributed by atoms with E-state index in [9.17, 15) is 4.79 Å². The summed E-state index contributed by atoms with van der Waals surface area (Å²) in [4.78, 5) is 11.7. The highest BCUT2D eigenvalue weighted by molar-refractivity contribution is 5.73. The summed E-state index contributed by atoms with van der Waals surface area (Å²) in [6.07, 6.45) is 6.41. The molecule has 0 heterocycles. The third kappa shape index (κ3) is 4.85. The smallest absolute Gasteiger partial charge is 0.315 e. The maximum absolute atomic E-state index is 11.7. The van der Waals surface area contributed by atoms with Gasteiger partial charge in [-0.3, -0.25) is 0 Å². The number of aliphatic hydroxyl groups is 1. The van der Waals surface area contributed by atoms with Crippen LogP contribution in [0.2, 0.25) is 0 Å². The first-order chi connectivity index (χ1) is 9.78. The molecular weight excluding hydrogens is 252 g/mol. The SMILES string of the molecule is O=C(NCc1ccc(CO)cc1)NCC1CCCCC1. The van der Waals surface area contributed by atoms with Gasteiger partial charge < -0.3 is 15.7 Å². The molecule has 1 aliphatic carbocycles. The lowest BCUT2D eigenvalue weighted by Gasteiger charge is -2.21. The van der Waals surface area contributed by atoms with E-state index in [-0.39, 0.29) is 12.6 Å². The number of hydrogen-bond donors (Lipinski definition) is 3. The van der Waals surface area contributed by atoms with Crippen molar-refractivity contribution in [3.8, 4) is 0 Å². The average molecular weight is 276 g/mol. The molecule has 0 bridgehead atoms. The van der Waals surface area contributed by atoms with Gasteiger partial charge in [0.15, 0.2) is 0 Å². The van der Waals surface area contributed by atoms with Gasteiger partial charge in [-0.15, -0.1) is 0 Å². The van der Waals surface area contributed by atoms with Crippen LogP contribution in [0.4, 0.5) is 4.79 Å². The molecule has 2 amide bonds. The van der Waals surface area contributed by atoms with Crippen LogP contribution in [0.3, 0.4) is 0 Å². The second-order valence-electron chi connectivity index (χ2n) is 5.54. The van der Waals surface area contributed by atoms with Crippen molar-refractivity contribution in [2.75, 3.05) is 6.54 Å². The Morgan fingerprint density at radius 2 is 1.70 bits per heavy atom. The molecule has 2 rings (SSSR count). The molecule has 1 aromatic rings.